The third-order valence-electron chi connectivity index (χ3n) is 3.24. The highest BCUT2D eigenvalue weighted by Gasteiger charge is 2.19. The summed E-state index contributed by atoms with van der Waals surface area (Å²) in [6, 6.07) is 4.62. The number of nitrogens with two attached hydrogens (primary N) is 1. The number of sulfonamides is 1. The number of nitrogens with zero attached hydrogens (tertiary/aromatic N) is 1. The summed E-state index contributed by atoms with van der Waals surface area (Å²) in [7, 11) is -2.28. The van der Waals surface area contributed by atoms with Crippen molar-refractivity contribution < 1.29 is 17.9 Å². The predicted octanol–water partition coefficient (Wildman–Crippen LogP) is 1.00. The first-order chi connectivity index (χ1) is 9.85. The number of amides is 1. The van der Waals surface area contributed by atoms with Crippen molar-refractivity contribution in [2.45, 2.75) is 25.2 Å². The van der Waals surface area contributed by atoms with Crippen LogP contribution in [0.1, 0.15) is 29.8 Å². The fraction of sp³-hybridized carbons (Fsp3) is 0.500. The maximum atomic E-state index is 12.4. The van der Waals surface area contributed by atoms with Gasteiger partial charge in [0.05, 0.1) is 11.5 Å². The molecule has 0 aliphatic rings. The van der Waals surface area contributed by atoms with E-state index in [1.165, 1.54) is 6.07 Å². The Balaban J connectivity index is 3.16. The van der Waals surface area contributed by atoms with Gasteiger partial charge >= 0.3 is 0 Å². The second-order valence-corrected chi connectivity index (χ2v) is 6.13. The van der Waals surface area contributed by atoms with Crippen LogP contribution in [0.15, 0.2) is 23.1 Å². The predicted molar refractivity (Wildman–Crippen MR) is 80.6 cm³/mol. The topological polar surface area (TPSA) is 89.7 Å². The molecule has 1 aromatic rings. The van der Waals surface area contributed by atoms with E-state index in [0.29, 0.717) is 37.2 Å². The molecule has 1 aromatic carbocycles. The molecule has 1 rings (SSSR count). The van der Waals surface area contributed by atoms with Crippen molar-refractivity contribution in [2.75, 3.05) is 26.8 Å². The van der Waals surface area contributed by atoms with Gasteiger partial charge in [-0.25, -0.2) is 13.6 Å². The van der Waals surface area contributed by atoms with Crippen molar-refractivity contribution in [2.24, 2.45) is 5.14 Å². The standard InChI is InChI=1S/C14H22N2O4S/c1-4-11-6-7-12(10-13(11)21(15,18)19)14(17)16(5-2)8-9-20-3/h6-7,10H,4-5,8-9H2,1-3H3,(H2,15,18,19). The van der Waals surface area contributed by atoms with Gasteiger partial charge in [0.1, 0.15) is 0 Å². The number of benzene rings is 1. The maximum Gasteiger partial charge on any atom is 0.253 e. The number of aryl methyl sites for hydroxylation is 1. The summed E-state index contributed by atoms with van der Waals surface area (Å²) in [5, 5.41) is 5.22. The molecule has 0 aromatic heterocycles. The summed E-state index contributed by atoms with van der Waals surface area (Å²) in [5.74, 6) is -0.234. The summed E-state index contributed by atoms with van der Waals surface area (Å²) in [4.78, 5) is 14.0. The number of carbonyl (C=O) groups is 1. The molecule has 0 saturated heterocycles. The minimum absolute atomic E-state index is 0.0126. The van der Waals surface area contributed by atoms with Crippen LogP contribution in [0.25, 0.3) is 0 Å². The Bertz CT molecular complexity index is 599. The van der Waals surface area contributed by atoms with Crippen LogP contribution >= 0.6 is 0 Å². The molecular formula is C14H22N2O4S. The van der Waals surface area contributed by atoms with Crippen molar-refractivity contribution in [1.82, 2.24) is 4.90 Å². The van der Waals surface area contributed by atoms with Crippen LogP contribution in [0, 0.1) is 0 Å². The fourth-order valence-electron chi connectivity index (χ4n) is 2.03. The number of ether oxygens (including phenoxy) is 1. The number of methoxy groups -OCH3 is 1. The number of likely N-dealkylation sites (N-methyl/N-ethyl adjacent to an activating group) is 1. The lowest BCUT2D eigenvalue weighted by atomic mass is 10.1. The van der Waals surface area contributed by atoms with Gasteiger partial charge in [-0.15, -0.1) is 0 Å². The molecule has 1 amide bonds. The molecule has 2 N–H and O–H groups in total. The molecule has 0 spiro atoms. The van der Waals surface area contributed by atoms with Gasteiger partial charge < -0.3 is 9.64 Å². The quantitative estimate of drug-likeness (QED) is 0.813. The summed E-state index contributed by atoms with van der Waals surface area (Å²) >= 11 is 0. The average Bonchev–Trinajstić information content (AvgIpc) is 2.46. The number of primary sulfonamides is 1. The van der Waals surface area contributed by atoms with Gasteiger partial charge in [0.25, 0.3) is 5.91 Å². The molecule has 0 atom stereocenters. The highest BCUT2D eigenvalue weighted by molar-refractivity contribution is 7.89. The van der Waals surface area contributed by atoms with Crippen molar-refractivity contribution in [3.8, 4) is 0 Å². The van der Waals surface area contributed by atoms with E-state index in [9.17, 15) is 13.2 Å². The van der Waals surface area contributed by atoms with E-state index < -0.39 is 10.0 Å². The monoisotopic (exact) mass is 314 g/mol. The number of rotatable bonds is 7. The fourth-order valence-corrected chi connectivity index (χ4v) is 2.90. The molecule has 0 radical (unpaired) electrons. The van der Waals surface area contributed by atoms with E-state index in [4.69, 9.17) is 9.88 Å². The molecule has 7 heteroatoms. The lowest BCUT2D eigenvalue weighted by Crippen LogP contribution is -2.33. The normalized spacial score (nSPS) is 11.4. The van der Waals surface area contributed by atoms with Crippen molar-refractivity contribution in [3.05, 3.63) is 29.3 Å². The Morgan fingerprint density at radius 2 is 2.00 bits per heavy atom. The summed E-state index contributed by atoms with van der Waals surface area (Å²) in [6.45, 7) is 5.08. The molecule has 0 unspecified atom stereocenters. The minimum Gasteiger partial charge on any atom is -0.383 e. The van der Waals surface area contributed by atoms with E-state index in [1.54, 1.807) is 24.1 Å². The van der Waals surface area contributed by atoms with E-state index in [1.807, 2.05) is 13.8 Å². The zero-order chi connectivity index (χ0) is 16.0. The number of hydrogen-bond acceptors (Lipinski definition) is 4. The van der Waals surface area contributed by atoms with Crippen molar-refractivity contribution in [3.63, 3.8) is 0 Å². The van der Waals surface area contributed by atoms with Crippen LogP contribution in [0.5, 0.6) is 0 Å². The molecular weight excluding hydrogens is 292 g/mol. The molecule has 0 saturated carbocycles. The van der Waals surface area contributed by atoms with Crippen LogP contribution in [-0.4, -0.2) is 46.0 Å². The van der Waals surface area contributed by atoms with Gasteiger partial charge in [-0.1, -0.05) is 13.0 Å². The van der Waals surface area contributed by atoms with Gasteiger partial charge in [0.15, 0.2) is 0 Å². The van der Waals surface area contributed by atoms with Crippen LogP contribution in [-0.2, 0) is 21.2 Å². The second kappa shape index (κ2) is 7.53. The van der Waals surface area contributed by atoms with Gasteiger partial charge in [-0.2, -0.15) is 0 Å². The van der Waals surface area contributed by atoms with Crippen molar-refractivity contribution >= 4 is 15.9 Å². The molecule has 0 aliphatic heterocycles. The second-order valence-electron chi connectivity index (χ2n) is 4.60. The zero-order valence-electron chi connectivity index (χ0n) is 12.6. The van der Waals surface area contributed by atoms with Crippen LogP contribution in [0.2, 0.25) is 0 Å². The molecule has 0 fully saturated rings. The van der Waals surface area contributed by atoms with Gasteiger partial charge in [-0.05, 0) is 31.0 Å². The Kier molecular flexibility index (Phi) is 6.32. The summed E-state index contributed by atoms with van der Waals surface area (Å²) < 4.78 is 28.2. The average molecular weight is 314 g/mol. The lowest BCUT2D eigenvalue weighted by Gasteiger charge is -2.21. The Morgan fingerprint density at radius 3 is 2.48 bits per heavy atom. The Morgan fingerprint density at radius 1 is 1.33 bits per heavy atom. The third-order valence-corrected chi connectivity index (χ3v) is 4.23. The largest absolute Gasteiger partial charge is 0.383 e. The Labute approximate surface area is 125 Å². The zero-order valence-corrected chi connectivity index (χ0v) is 13.4. The summed E-state index contributed by atoms with van der Waals surface area (Å²) in [6.07, 6.45) is 0.529. The van der Waals surface area contributed by atoms with Crippen LogP contribution in [0.4, 0.5) is 0 Å². The molecule has 6 nitrogen and oxygen atoms in total. The smallest absolute Gasteiger partial charge is 0.253 e. The SMILES string of the molecule is CCc1ccc(C(=O)N(CC)CCOC)cc1S(N)(=O)=O. The first-order valence-corrected chi connectivity index (χ1v) is 8.33. The van der Waals surface area contributed by atoms with E-state index in [-0.39, 0.29) is 10.8 Å². The van der Waals surface area contributed by atoms with E-state index in [2.05, 4.69) is 0 Å². The Hall–Kier alpha value is -1.44. The van der Waals surface area contributed by atoms with Gasteiger partial charge in [0.2, 0.25) is 10.0 Å². The minimum atomic E-state index is -3.85. The number of carbonyl (C=O) groups excluding carboxylic acids is 1. The first kappa shape index (κ1) is 17.6. The lowest BCUT2D eigenvalue weighted by molar-refractivity contribution is 0.0706. The maximum absolute atomic E-state index is 12.4. The molecule has 118 valence electrons. The molecule has 0 aliphatic carbocycles. The van der Waals surface area contributed by atoms with E-state index in [0.717, 1.165) is 0 Å². The van der Waals surface area contributed by atoms with Crippen LogP contribution in [0.3, 0.4) is 0 Å². The highest BCUT2D eigenvalue weighted by Crippen LogP contribution is 2.18. The molecule has 0 heterocycles. The summed E-state index contributed by atoms with van der Waals surface area (Å²) in [5.41, 5.74) is 0.920. The third kappa shape index (κ3) is 4.52. The van der Waals surface area contributed by atoms with Crippen molar-refractivity contribution in [1.29, 1.82) is 0 Å². The molecule has 0 bridgehead atoms. The van der Waals surface area contributed by atoms with Gasteiger partial charge in [0, 0.05) is 25.8 Å². The first-order valence-electron chi connectivity index (χ1n) is 6.79. The molecule has 21 heavy (non-hydrogen) atoms. The highest BCUT2D eigenvalue weighted by atomic mass is 32.2. The van der Waals surface area contributed by atoms with Crippen LogP contribution < -0.4 is 5.14 Å². The van der Waals surface area contributed by atoms with Gasteiger partial charge in [-0.3, -0.25) is 4.79 Å². The van der Waals surface area contributed by atoms with E-state index >= 15 is 0 Å². The number of hydrogen-bond donors (Lipinski definition) is 1.